The first-order valence-corrected chi connectivity index (χ1v) is 9.33. The van der Waals surface area contributed by atoms with Crippen LogP contribution in [0.15, 0.2) is 34.9 Å². The molecule has 5 heteroatoms. The minimum absolute atomic E-state index is 0.0355. The Bertz CT molecular complexity index is 438. The van der Waals surface area contributed by atoms with Gasteiger partial charge in [0.2, 0.25) is 0 Å². The van der Waals surface area contributed by atoms with E-state index in [1.807, 2.05) is 13.0 Å². The fraction of sp³-hybridized carbons (Fsp3) is 0.588. The van der Waals surface area contributed by atoms with Crippen LogP contribution in [-0.2, 0) is 4.79 Å². The monoisotopic (exact) mass is 329 g/mol. The molecule has 0 aromatic carbocycles. The lowest BCUT2D eigenvalue weighted by Gasteiger charge is -2.02. The van der Waals surface area contributed by atoms with E-state index in [2.05, 4.69) is 32.9 Å². The molecule has 22 heavy (non-hydrogen) atoms. The quantitative estimate of drug-likeness (QED) is 0.409. The third kappa shape index (κ3) is 11.8. The van der Waals surface area contributed by atoms with Crippen LogP contribution in [0, 0.1) is 0 Å². The highest BCUT2D eigenvalue weighted by atomic mass is 31.2. The van der Waals surface area contributed by atoms with E-state index in [0.29, 0.717) is 6.42 Å². The average Bonchev–Trinajstić information content (AvgIpc) is 2.37. The van der Waals surface area contributed by atoms with Crippen molar-refractivity contribution in [3.8, 4) is 0 Å². The highest BCUT2D eigenvalue weighted by molar-refractivity contribution is 7.76. The normalized spacial score (nSPS) is 13.2. The van der Waals surface area contributed by atoms with Gasteiger partial charge in [-0.05, 0) is 59.8 Å². The van der Waals surface area contributed by atoms with Gasteiger partial charge in [0.15, 0.2) is 0 Å². The molecule has 0 aliphatic heterocycles. The molecule has 0 heterocycles. The molecule has 0 fully saturated rings. The smallest absolute Gasteiger partial charge is 0.244 e. The largest absolute Gasteiger partial charge is 0.478 e. The van der Waals surface area contributed by atoms with Gasteiger partial charge < -0.3 is 0 Å². The molecule has 0 atom stereocenters. The summed E-state index contributed by atoms with van der Waals surface area (Å²) in [6.45, 7) is 8.35. The van der Waals surface area contributed by atoms with Crippen LogP contribution in [-0.4, -0.2) is 20.2 Å². The van der Waals surface area contributed by atoms with Crippen molar-refractivity contribution in [3.63, 3.8) is 0 Å². The Morgan fingerprint density at radius 3 is 1.59 bits per heavy atom. The third-order valence-corrected chi connectivity index (χ3v) is 4.20. The summed E-state index contributed by atoms with van der Waals surface area (Å²) in [5.74, 6) is 0. The lowest BCUT2D eigenvalue weighted by molar-refractivity contribution is -0.114. The van der Waals surface area contributed by atoms with E-state index in [1.165, 1.54) is 16.7 Å². The summed E-state index contributed by atoms with van der Waals surface area (Å²) < 4.78 is 0. The maximum atomic E-state index is 11.2. The van der Waals surface area contributed by atoms with E-state index in [4.69, 9.17) is 14.7 Å². The van der Waals surface area contributed by atoms with Crippen molar-refractivity contribution in [1.29, 1.82) is 0 Å². The van der Waals surface area contributed by atoms with Crippen LogP contribution in [0.25, 0.3) is 0 Å². The molecule has 0 rings (SSSR count). The zero-order valence-corrected chi connectivity index (χ0v) is 15.1. The summed E-state index contributed by atoms with van der Waals surface area (Å²) in [6.07, 6.45) is 10.8. The van der Waals surface area contributed by atoms with Crippen LogP contribution >= 0.6 is 7.94 Å². The van der Waals surface area contributed by atoms with Gasteiger partial charge in [-0.3, -0.25) is 0 Å². The summed E-state index contributed by atoms with van der Waals surface area (Å²) in [5.41, 5.74) is 3.03. The molecule has 0 saturated carbocycles. The Balaban J connectivity index is 4.02. The fourth-order valence-electron chi connectivity index (χ4n) is 1.93. The molecule has 0 aliphatic carbocycles. The molecule has 0 aromatic rings. The SMILES string of the molecule is CC(C)=CCCC(C)=CCCC(C)=CCCC(=O)[P+](O)(O)O. The average molecular weight is 329 g/mol. The van der Waals surface area contributed by atoms with Gasteiger partial charge in [0, 0.05) is 0 Å². The van der Waals surface area contributed by atoms with Crippen LogP contribution in [0.5, 0.6) is 0 Å². The van der Waals surface area contributed by atoms with Crippen LogP contribution in [0.2, 0.25) is 0 Å². The van der Waals surface area contributed by atoms with Crippen LogP contribution in [0.4, 0.5) is 0 Å². The van der Waals surface area contributed by atoms with Crippen LogP contribution < -0.4 is 0 Å². The van der Waals surface area contributed by atoms with Gasteiger partial charge >= 0.3 is 13.5 Å². The first-order chi connectivity index (χ1) is 10.1. The van der Waals surface area contributed by atoms with E-state index in [0.717, 1.165) is 25.7 Å². The van der Waals surface area contributed by atoms with Crippen molar-refractivity contribution in [2.24, 2.45) is 0 Å². The number of hydrogen-bond donors (Lipinski definition) is 3. The van der Waals surface area contributed by atoms with Gasteiger partial charge in [-0.2, -0.15) is 14.7 Å². The van der Waals surface area contributed by atoms with Gasteiger partial charge in [0.25, 0.3) is 0 Å². The lowest BCUT2D eigenvalue weighted by atomic mass is 10.1. The van der Waals surface area contributed by atoms with Crippen molar-refractivity contribution in [3.05, 3.63) is 34.9 Å². The topological polar surface area (TPSA) is 77.8 Å². The Labute approximate surface area is 134 Å². The number of allylic oxidation sites excluding steroid dienone is 6. The van der Waals surface area contributed by atoms with Crippen LogP contribution in [0.3, 0.4) is 0 Å². The van der Waals surface area contributed by atoms with E-state index in [1.54, 1.807) is 0 Å². The minimum Gasteiger partial charge on any atom is -0.244 e. The molecule has 126 valence electrons. The number of hydrogen-bond acceptors (Lipinski definition) is 4. The molecular formula is C17H30O4P+. The van der Waals surface area contributed by atoms with Crippen LogP contribution in [0.1, 0.15) is 66.2 Å². The first-order valence-electron chi connectivity index (χ1n) is 7.68. The van der Waals surface area contributed by atoms with E-state index >= 15 is 0 Å². The molecule has 0 saturated heterocycles. The van der Waals surface area contributed by atoms with Crippen molar-refractivity contribution in [2.75, 3.05) is 0 Å². The number of rotatable bonds is 10. The zero-order chi connectivity index (χ0) is 17.2. The summed E-state index contributed by atoms with van der Waals surface area (Å²) in [6, 6.07) is 0. The minimum atomic E-state index is -4.30. The van der Waals surface area contributed by atoms with Crippen molar-refractivity contribution >= 4 is 13.5 Å². The Morgan fingerprint density at radius 2 is 1.18 bits per heavy atom. The summed E-state index contributed by atoms with van der Waals surface area (Å²) in [4.78, 5) is 37.6. The summed E-state index contributed by atoms with van der Waals surface area (Å²) in [7, 11) is -4.30. The summed E-state index contributed by atoms with van der Waals surface area (Å²) in [5, 5.41) is 0. The first kappa shape index (κ1) is 21.2. The van der Waals surface area contributed by atoms with Crippen molar-refractivity contribution in [1.82, 2.24) is 0 Å². The second kappa shape index (κ2) is 10.8. The van der Waals surface area contributed by atoms with Gasteiger partial charge in [-0.1, -0.05) is 34.9 Å². The van der Waals surface area contributed by atoms with E-state index < -0.39 is 13.5 Å². The molecule has 3 N–H and O–H groups in total. The second-order valence-electron chi connectivity index (χ2n) is 5.96. The predicted molar refractivity (Wildman–Crippen MR) is 93.2 cm³/mol. The molecule has 0 bridgehead atoms. The Kier molecular flexibility index (Phi) is 10.5. The maximum absolute atomic E-state index is 11.2. The molecule has 0 amide bonds. The predicted octanol–water partition coefficient (Wildman–Crippen LogP) is 4.45. The second-order valence-corrected chi connectivity index (χ2v) is 7.60. The molecule has 0 radical (unpaired) electrons. The van der Waals surface area contributed by atoms with Crippen molar-refractivity contribution in [2.45, 2.75) is 66.2 Å². The third-order valence-electron chi connectivity index (χ3n) is 3.31. The van der Waals surface area contributed by atoms with Crippen molar-refractivity contribution < 1.29 is 19.5 Å². The van der Waals surface area contributed by atoms with Gasteiger partial charge in [-0.25, -0.2) is 4.79 Å². The summed E-state index contributed by atoms with van der Waals surface area (Å²) >= 11 is 0. The molecule has 4 nitrogen and oxygen atoms in total. The zero-order valence-electron chi connectivity index (χ0n) is 14.2. The molecule has 0 aliphatic rings. The molecule has 0 unspecified atom stereocenters. The Morgan fingerprint density at radius 1 is 0.773 bits per heavy atom. The number of carbonyl (C=O) groups excluding carboxylic acids is 1. The van der Waals surface area contributed by atoms with Gasteiger partial charge in [-0.15, -0.1) is 0 Å². The van der Waals surface area contributed by atoms with Gasteiger partial charge in [0.05, 0.1) is 6.42 Å². The van der Waals surface area contributed by atoms with E-state index in [9.17, 15) is 4.79 Å². The lowest BCUT2D eigenvalue weighted by Crippen LogP contribution is -2.03. The molecule has 0 spiro atoms. The molecular weight excluding hydrogens is 299 g/mol. The molecule has 0 aromatic heterocycles. The number of carbonyl (C=O) groups is 1. The highest BCUT2D eigenvalue weighted by Gasteiger charge is 2.40. The highest BCUT2D eigenvalue weighted by Crippen LogP contribution is 2.46. The standard InChI is InChI=1S/C17H30O4P/c1-14(2)8-5-9-15(3)10-6-11-16(4)12-7-13-17(18)22(19,20)21/h8,10,12,19-21H,5-7,9,11,13H2,1-4H3/q+1. The van der Waals surface area contributed by atoms with E-state index in [-0.39, 0.29) is 6.42 Å². The Hall–Kier alpha value is -0.800. The maximum Gasteiger partial charge on any atom is 0.478 e. The van der Waals surface area contributed by atoms with Gasteiger partial charge in [0.1, 0.15) is 0 Å². The fourth-order valence-corrected chi connectivity index (χ4v) is 2.36.